The minimum absolute atomic E-state index is 0. The van der Waals surface area contributed by atoms with E-state index in [1.54, 1.807) is 0 Å². The molecule has 2 rings (SSSR count). The zero-order valence-electron chi connectivity index (χ0n) is 19.3. The van der Waals surface area contributed by atoms with Crippen molar-refractivity contribution < 1.29 is 9.53 Å². The van der Waals surface area contributed by atoms with Crippen LogP contribution in [0.3, 0.4) is 0 Å². The fourth-order valence-electron chi connectivity index (χ4n) is 3.89. The maximum Gasteiger partial charge on any atom is 0.217 e. The number of halogens is 1. The van der Waals surface area contributed by atoms with Gasteiger partial charge in [0.2, 0.25) is 5.91 Å². The number of primary amides is 1. The summed E-state index contributed by atoms with van der Waals surface area (Å²) in [6.45, 7) is 13.2. The SMILES string of the molecule is CCNC(=NCc1ccccc1OCCN(CC)CC)N1CCCC(CC(N)=O)C1.I. The van der Waals surface area contributed by atoms with Gasteiger partial charge in [-0.05, 0) is 44.8 Å². The second-order valence-electron chi connectivity index (χ2n) is 7.78. The number of piperidine rings is 1. The third kappa shape index (κ3) is 9.64. The van der Waals surface area contributed by atoms with Crippen LogP contribution in [-0.2, 0) is 11.3 Å². The van der Waals surface area contributed by atoms with Gasteiger partial charge in [-0.25, -0.2) is 4.99 Å². The van der Waals surface area contributed by atoms with Crippen LogP contribution >= 0.6 is 24.0 Å². The highest BCUT2D eigenvalue weighted by Crippen LogP contribution is 2.21. The first-order chi connectivity index (χ1) is 14.6. The number of aliphatic imine (C=N–C) groups is 1. The number of rotatable bonds is 11. The van der Waals surface area contributed by atoms with E-state index in [0.29, 0.717) is 25.5 Å². The topological polar surface area (TPSA) is 83.2 Å². The van der Waals surface area contributed by atoms with Crippen molar-refractivity contribution in [2.75, 3.05) is 45.9 Å². The molecule has 1 aliphatic rings. The zero-order chi connectivity index (χ0) is 21.8. The molecule has 1 saturated heterocycles. The van der Waals surface area contributed by atoms with Gasteiger partial charge in [-0.1, -0.05) is 32.0 Å². The van der Waals surface area contributed by atoms with Crippen molar-refractivity contribution in [2.24, 2.45) is 16.6 Å². The van der Waals surface area contributed by atoms with Crippen molar-refractivity contribution in [1.82, 2.24) is 15.1 Å². The maximum absolute atomic E-state index is 11.3. The Balaban J connectivity index is 0.00000480. The van der Waals surface area contributed by atoms with Crippen LogP contribution in [0.25, 0.3) is 0 Å². The Kier molecular flexibility index (Phi) is 13.6. The van der Waals surface area contributed by atoms with Crippen molar-refractivity contribution in [3.63, 3.8) is 0 Å². The molecular weight excluding hydrogens is 505 g/mol. The Hall–Kier alpha value is -1.55. The first-order valence-electron chi connectivity index (χ1n) is 11.3. The Morgan fingerprint density at radius 3 is 2.71 bits per heavy atom. The van der Waals surface area contributed by atoms with Gasteiger partial charge in [0.25, 0.3) is 0 Å². The molecule has 1 aromatic carbocycles. The lowest BCUT2D eigenvalue weighted by Gasteiger charge is -2.34. The Morgan fingerprint density at radius 2 is 2.03 bits per heavy atom. The van der Waals surface area contributed by atoms with Crippen LogP contribution in [0, 0.1) is 5.92 Å². The van der Waals surface area contributed by atoms with Crippen LogP contribution in [-0.4, -0.2) is 67.5 Å². The van der Waals surface area contributed by atoms with Gasteiger partial charge in [-0.2, -0.15) is 0 Å². The van der Waals surface area contributed by atoms with Gasteiger partial charge in [0.15, 0.2) is 5.96 Å². The highest BCUT2D eigenvalue weighted by Gasteiger charge is 2.23. The monoisotopic (exact) mass is 545 g/mol. The third-order valence-electron chi connectivity index (χ3n) is 5.57. The summed E-state index contributed by atoms with van der Waals surface area (Å²) in [4.78, 5) is 20.8. The summed E-state index contributed by atoms with van der Waals surface area (Å²) in [5.41, 5.74) is 6.49. The number of likely N-dealkylation sites (N-methyl/N-ethyl adjacent to an activating group) is 1. The zero-order valence-corrected chi connectivity index (χ0v) is 21.6. The van der Waals surface area contributed by atoms with E-state index in [2.05, 4.69) is 42.0 Å². The number of nitrogens with zero attached hydrogens (tertiary/aromatic N) is 3. The Morgan fingerprint density at radius 1 is 1.29 bits per heavy atom. The molecule has 1 unspecified atom stereocenters. The van der Waals surface area contributed by atoms with Crippen LogP contribution in [0.1, 0.15) is 45.6 Å². The molecule has 1 fully saturated rings. The molecule has 0 aliphatic carbocycles. The van der Waals surface area contributed by atoms with Gasteiger partial charge in [0, 0.05) is 38.2 Å². The quantitative estimate of drug-likeness (QED) is 0.254. The number of amides is 1. The standard InChI is InChI=1S/C23H39N5O2.HI/c1-4-25-23(28-13-9-10-19(18-28)16-22(24)29)26-17-20-11-7-8-12-21(20)30-15-14-27(5-2)6-3;/h7-8,11-12,19H,4-6,9-10,13-18H2,1-3H3,(H2,24,29)(H,25,26);1H. The smallest absolute Gasteiger partial charge is 0.217 e. The van der Waals surface area contributed by atoms with Crippen molar-refractivity contribution in [1.29, 1.82) is 0 Å². The number of hydrogen-bond donors (Lipinski definition) is 2. The molecule has 7 nitrogen and oxygen atoms in total. The molecule has 0 radical (unpaired) electrons. The molecule has 0 bridgehead atoms. The predicted octanol–water partition coefficient (Wildman–Crippen LogP) is 3.08. The molecule has 1 amide bonds. The minimum atomic E-state index is -0.223. The first-order valence-corrected chi connectivity index (χ1v) is 11.3. The summed E-state index contributed by atoms with van der Waals surface area (Å²) in [5.74, 6) is 1.87. The van der Waals surface area contributed by atoms with Crippen LogP contribution in [0.2, 0.25) is 0 Å². The Bertz CT molecular complexity index is 682. The third-order valence-corrected chi connectivity index (χ3v) is 5.57. The summed E-state index contributed by atoms with van der Waals surface area (Å²) in [6, 6.07) is 8.12. The van der Waals surface area contributed by atoms with Crippen LogP contribution in [0.15, 0.2) is 29.3 Å². The molecule has 0 spiro atoms. The number of benzene rings is 1. The van der Waals surface area contributed by atoms with E-state index in [-0.39, 0.29) is 29.9 Å². The van der Waals surface area contributed by atoms with Gasteiger partial charge < -0.3 is 25.6 Å². The minimum Gasteiger partial charge on any atom is -0.492 e. The predicted molar refractivity (Wildman–Crippen MR) is 138 cm³/mol. The summed E-state index contributed by atoms with van der Waals surface area (Å²) in [5, 5.41) is 3.40. The number of ether oxygens (including phenoxy) is 1. The number of guanidine groups is 1. The van der Waals surface area contributed by atoms with E-state index in [1.165, 1.54) is 0 Å². The molecule has 0 saturated carbocycles. The summed E-state index contributed by atoms with van der Waals surface area (Å²) < 4.78 is 6.07. The van der Waals surface area contributed by atoms with Crippen LogP contribution in [0.5, 0.6) is 5.75 Å². The van der Waals surface area contributed by atoms with E-state index < -0.39 is 0 Å². The van der Waals surface area contributed by atoms with Gasteiger partial charge in [0.05, 0.1) is 6.54 Å². The normalized spacial score (nSPS) is 16.7. The lowest BCUT2D eigenvalue weighted by Crippen LogP contribution is -2.47. The van der Waals surface area contributed by atoms with Crippen molar-refractivity contribution in [3.05, 3.63) is 29.8 Å². The number of hydrogen-bond acceptors (Lipinski definition) is 4. The number of nitrogens with two attached hydrogens (primary N) is 1. The number of likely N-dealkylation sites (tertiary alicyclic amines) is 1. The lowest BCUT2D eigenvalue weighted by atomic mass is 9.95. The molecule has 1 atom stereocenters. The molecule has 1 heterocycles. The molecule has 1 aromatic rings. The van der Waals surface area contributed by atoms with Gasteiger partial charge in [-0.3, -0.25) is 4.79 Å². The number of nitrogens with one attached hydrogen (secondary N) is 1. The fraction of sp³-hybridized carbons (Fsp3) is 0.652. The number of carbonyl (C=O) groups excluding carboxylic acids is 1. The highest BCUT2D eigenvalue weighted by atomic mass is 127. The lowest BCUT2D eigenvalue weighted by molar-refractivity contribution is -0.119. The first kappa shape index (κ1) is 27.5. The highest BCUT2D eigenvalue weighted by molar-refractivity contribution is 14.0. The van der Waals surface area contributed by atoms with E-state index in [4.69, 9.17) is 15.5 Å². The molecule has 0 aromatic heterocycles. The van der Waals surface area contributed by atoms with Crippen molar-refractivity contribution in [2.45, 2.75) is 46.6 Å². The maximum atomic E-state index is 11.3. The van der Waals surface area contributed by atoms with Crippen LogP contribution < -0.4 is 15.8 Å². The summed E-state index contributed by atoms with van der Waals surface area (Å²) >= 11 is 0. The molecule has 8 heteroatoms. The molecule has 1 aliphatic heterocycles. The second-order valence-corrected chi connectivity index (χ2v) is 7.78. The second kappa shape index (κ2) is 15.3. The molecule has 31 heavy (non-hydrogen) atoms. The number of carbonyl (C=O) groups is 1. The largest absolute Gasteiger partial charge is 0.492 e. The van der Waals surface area contributed by atoms with Crippen molar-refractivity contribution in [3.8, 4) is 5.75 Å². The fourth-order valence-corrected chi connectivity index (χ4v) is 3.89. The molecule has 3 N–H and O–H groups in total. The van der Waals surface area contributed by atoms with E-state index in [0.717, 1.165) is 69.4 Å². The van der Waals surface area contributed by atoms with Gasteiger partial charge >= 0.3 is 0 Å². The summed E-state index contributed by atoms with van der Waals surface area (Å²) in [6.07, 6.45) is 2.54. The average Bonchev–Trinajstić information content (AvgIpc) is 2.74. The molecular formula is C23H40IN5O2. The van der Waals surface area contributed by atoms with E-state index in [1.807, 2.05) is 18.2 Å². The summed E-state index contributed by atoms with van der Waals surface area (Å²) in [7, 11) is 0. The van der Waals surface area contributed by atoms with E-state index >= 15 is 0 Å². The van der Waals surface area contributed by atoms with Gasteiger partial charge in [0.1, 0.15) is 12.4 Å². The molecule has 176 valence electrons. The average molecular weight is 546 g/mol. The van der Waals surface area contributed by atoms with Crippen LogP contribution in [0.4, 0.5) is 0 Å². The van der Waals surface area contributed by atoms with Crippen molar-refractivity contribution >= 4 is 35.8 Å². The number of para-hydroxylation sites is 1. The van der Waals surface area contributed by atoms with Gasteiger partial charge in [-0.15, -0.1) is 24.0 Å². The van der Waals surface area contributed by atoms with E-state index in [9.17, 15) is 4.79 Å². The Labute approximate surface area is 204 Å².